The van der Waals surface area contributed by atoms with Gasteiger partial charge in [0.25, 0.3) is 5.91 Å². The molecule has 2 N–H and O–H groups in total. The molecule has 1 amide bonds. The molecule has 10 nitrogen and oxygen atoms in total. The molecular formula is C35H52FN5O5. The predicted molar refractivity (Wildman–Crippen MR) is 171 cm³/mol. The lowest BCUT2D eigenvalue weighted by Gasteiger charge is -2.60. The minimum Gasteiger partial charge on any atom is -0.379 e. The lowest BCUT2D eigenvalue weighted by atomic mass is 9.66. The number of rotatable bonds is 10. The van der Waals surface area contributed by atoms with Crippen LogP contribution in [0.15, 0.2) is 23.9 Å². The number of alkyl halides is 1. The van der Waals surface area contributed by atoms with E-state index in [4.69, 9.17) is 9.47 Å². The Morgan fingerprint density at radius 1 is 1.07 bits per heavy atom. The number of carbonyl (C=O) groups is 3. The van der Waals surface area contributed by atoms with Crippen LogP contribution in [0, 0.1) is 29.6 Å². The Hall–Kier alpha value is -2.18. The van der Waals surface area contributed by atoms with Gasteiger partial charge in [-0.1, -0.05) is 12.2 Å². The van der Waals surface area contributed by atoms with Crippen molar-refractivity contribution in [1.82, 2.24) is 25.3 Å². The lowest BCUT2D eigenvalue weighted by molar-refractivity contribution is -0.206. The van der Waals surface area contributed by atoms with Gasteiger partial charge in [-0.05, 0) is 77.4 Å². The number of halogens is 1. The molecular weight excluding hydrogens is 589 g/mol. The van der Waals surface area contributed by atoms with E-state index in [1.54, 1.807) is 6.20 Å². The lowest BCUT2D eigenvalue weighted by Crippen LogP contribution is -2.73. The summed E-state index contributed by atoms with van der Waals surface area (Å²) < 4.78 is 28.6. The molecule has 3 heterocycles. The monoisotopic (exact) mass is 641 g/mol. The van der Waals surface area contributed by atoms with E-state index in [9.17, 15) is 14.4 Å². The van der Waals surface area contributed by atoms with E-state index >= 15 is 4.39 Å². The Kier molecular flexibility index (Phi) is 9.67. The summed E-state index contributed by atoms with van der Waals surface area (Å²) in [7, 11) is 4.05. The quantitative estimate of drug-likeness (QED) is 0.209. The number of unbranched alkanes of at least 4 members (excludes halogenated alkanes) is 1. The fraction of sp³-hybridized carbons (Fsp3) is 0.800. The maximum Gasteiger partial charge on any atom is 0.256 e. The van der Waals surface area contributed by atoms with E-state index in [-0.39, 0.29) is 59.6 Å². The second-order valence-electron chi connectivity index (χ2n) is 14.9. The molecule has 0 radical (unpaired) electrons. The summed E-state index contributed by atoms with van der Waals surface area (Å²) in [6.07, 6.45) is 9.25. The molecule has 7 rings (SSSR count). The highest BCUT2D eigenvalue weighted by atomic mass is 19.1. The van der Waals surface area contributed by atoms with E-state index < -0.39 is 24.2 Å². The Bertz CT molecular complexity index is 1220. The van der Waals surface area contributed by atoms with E-state index in [1.807, 2.05) is 14.1 Å². The second-order valence-corrected chi connectivity index (χ2v) is 14.9. The number of nitrogens with zero attached hydrogens (tertiary/aromatic N) is 3. The summed E-state index contributed by atoms with van der Waals surface area (Å²) in [5, 5.41) is 6.48. The molecule has 4 aliphatic carbocycles. The normalized spacial score (nSPS) is 40.2. The highest BCUT2D eigenvalue weighted by molar-refractivity contribution is 6.20. The van der Waals surface area contributed by atoms with Crippen molar-refractivity contribution in [2.45, 2.75) is 81.5 Å². The highest BCUT2D eigenvalue weighted by Gasteiger charge is 2.62. The average molecular weight is 642 g/mol. The molecule has 11 unspecified atom stereocenters. The fourth-order valence-electron chi connectivity index (χ4n) is 9.80. The molecule has 3 aliphatic heterocycles. The van der Waals surface area contributed by atoms with Crippen molar-refractivity contribution in [3.05, 3.63) is 23.9 Å². The van der Waals surface area contributed by atoms with E-state index in [0.29, 0.717) is 44.4 Å². The molecule has 254 valence electrons. The number of carbonyl (C=O) groups excluding carboxylic acids is 3. The molecule has 0 aromatic rings. The number of amides is 1. The largest absolute Gasteiger partial charge is 0.379 e. The van der Waals surface area contributed by atoms with Crippen LogP contribution in [0.1, 0.15) is 44.9 Å². The molecule has 11 heteroatoms. The average Bonchev–Trinajstić information content (AvgIpc) is 3.33. The maximum atomic E-state index is 16.2. The van der Waals surface area contributed by atoms with Crippen LogP contribution in [0.4, 0.5) is 4.39 Å². The van der Waals surface area contributed by atoms with Crippen LogP contribution in [-0.2, 0) is 23.9 Å². The smallest absolute Gasteiger partial charge is 0.256 e. The van der Waals surface area contributed by atoms with E-state index in [1.165, 1.54) is 0 Å². The number of hydrogen-bond acceptors (Lipinski definition) is 9. The molecule has 7 aliphatic rings. The third kappa shape index (κ3) is 6.11. The second kappa shape index (κ2) is 13.7. The minimum atomic E-state index is -1.29. The van der Waals surface area contributed by atoms with Gasteiger partial charge in [0, 0.05) is 56.7 Å². The first-order valence-electron chi connectivity index (χ1n) is 17.8. The van der Waals surface area contributed by atoms with Gasteiger partial charge in [-0.25, -0.2) is 4.39 Å². The Morgan fingerprint density at radius 3 is 2.70 bits per heavy atom. The first kappa shape index (κ1) is 32.4. The first-order valence-corrected chi connectivity index (χ1v) is 17.8. The van der Waals surface area contributed by atoms with Gasteiger partial charge < -0.3 is 29.9 Å². The van der Waals surface area contributed by atoms with Crippen LogP contribution >= 0.6 is 0 Å². The van der Waals surface area contributed by atoms with E-state index in [0.717, 1.165) is 58.3 Å². The van der Waals surface area contributed by atoms with Crippen LogP contribution in [0.5, 0.6) is 0 Å². The van der Waals surface area contributed by atoms with Crippen molar-refractivity contribution in [2.75, 3.05) is 66.6 Å². The third-order valence-corrected chi connectivity index (χ3v) is 12.0. The van der Waals surface area contributed by atoms with Crippen LogP contribution in [0.2, 0.25) is 0 Å². The molecule has 11 atom stereocenters. The van der Waals surface area contributed by atoms with E-state index in [2.05, 4.69) is 37.5 Å². The molecule has 3 saturated carbocycles. The van der Waals surface area contributed by atoms with Gasteiger partial charge in [-0.3, -0.25) is 19.3 Å². The number of nitrogens with one attached hydrogen (secondary N) is 2. The molecule has 0 bridgehead atoms. The molecule has 0 spiro atoms. The SMILES string of the molecule is CN(C)CCCCNC(=O)C1=CN2C3CC4C(CC3OC3C(NCCN5CCOCC5)C(F)CC(C1=O)C32)C(=O)C1C=CCCC14. The van der Waals surface area contributed by atoms with Gasteiger partial charge in [0.15, 0.2) is 5.78 Å². The number of ether oxygens (including phenoxy) is 2. The highest BCUT2D eigenvalue weighted by Crippen LogP contribution is 2.54. The van der Waals surface area contributed by atoms with Gasteiger partial charge in [0.05, 0.1) is 49.1 Å². The minimum absolute atomic E-state index is 0.0175. The van der Waals surface area contributed by atoms with Crippen molar-refractivity contribution in [2.24, 2.45) is 29.6 Å². The topological polar surface area (TPSA) is 103 Å². The Balaban J connectivity index is 1.14. The van der Waals surface area contributed by atoms with Crippen LogP contribution in [0.3, 0.4) is 0 Å². The zero-order valence-electron chi connectivity index (χ0n) is 27.5. The molecule has 46 heavy (non-hydrogen) atoms. The van der Waals surface area contributed by atoms with Crippen molar-refractivity contribution in [3.8, 4) is 0 Å². The van der Waals surface area contributed by atoms with Crippen molar-refractivity contribution < 1.29 is 28.2 Å². The van der Waals surface area contributed by atoms with Gasteiger partial charge in [-0.15, -0.1) is 0 Å². The van der Waals surface area contributed by atoms with Gasteiger partial charge >= 0.3 is 0 Å². The van der Waals surface area contributed by atoms with Crippen LogP contribution in [-0.4, -0.2) is 135 Å². The Morgan fingerprint density at radius 2 is 1.89 bits per heavy atom. The van der Waals surface area contributed by atoms with Gasteiger partial charge in [-0.2, -0.15) is 0 Å². The van der Waals surface area contributed by atoms with Crippen molar-refractivity contribution in [1.29, 1.82) is 0 Å². The van der Waals surface area contributed by atoms with Crippen molar-refractivity contribution >= 4 is 17.5 Å². The van der Waals surface area contributed by atoms with Crippen molar-refractivity contribution in [3.63, 3.8) is 0 Å². The van der Waals surface area contributed by atoms with Gasteiger partial charge in [0.1, 0.15) is 12.0 Å². The summed E-state index contributed by atoms with van der Waals surface area (Å²) in [5.41, 5.74) is 0.141. The zero-order valence-corrected chi connectivity index (χ0v) is 27.5. The van der Waals surface area contributed by atoms with Gasteiger partial charge in [0.2, 0.25) is 0 Å². The molecule has 5 fully saturated rings. The number of Topliss-reactive ketones (excluding diaryl/α,β-unsaturated/α-hetero) is 2. The summed E-state index contributed by atoms with van der Waals surface area (Å²) in [6.45, 7) is 5.97. The number of fused-ring (bicyclic) bond motifs is 5. The standard InChI is InChI=1S/C35H52FN5O5/c1-39(2)11-6-5-9-38-35(44)26-20-41-28-18-23-21-7-3-4-8-22(21)32(42)24(23)19-29(28)46-34-30(27(36)17-25(31(34)41)33(26)43)37-10-12-40-13-15-45-16-14-40/h4,8,20-25,27-31,34,37H,3,5-7,9-19H2,1-2H3,(H,38,44). The zero-order chi connectivity index (χ0) is 31.9. The fourth-order valence-corrected chi connectivity index (χ4v) is 9.80. The summed E-state index contributed by atoms with van der Waals surface area (Å²) in [4.78, 5) is 47.8. The summed E-state index contributed by atoms with van der Waals surface area (Å²) in [6, 6.07) is -0.959. The van der Waals surface area contributed by atoms with Crippen LogP contribution < -0.4 is 10.6 Å². The number of hydrogen-bond donors (Lipinski definition) is 2. The third-order valence-electron chi connectivity index (χ3n) is 12.0. The summed E-state index contributed by atoms with van der Waals surface area (Å²) in [5.74, 6) is -0.409. The number of ketones is 2. The summed E-state index contributed by atoms with van der Waals surface area (Å²) >= 11 is 0. The molecule has 0 aromatic heterocycles. The Labute approximate surface area is 272 Å². The molecule has 2 saturated heterocycles. The maximum absolute atomic E-state index is 16.2. The predicted octanol–water partition coefficient (Wildman–Crippen LogP) is 1.56. The molecule has 0 aromatic carbocycles. The number of morpholine rings is 2. The number of allylic oxidation sites excluding steroid dienone is 2. The first-order chi connectivity index (χ1) is 22.3. The van der Waals surface area contributed by atoms with Crippen LogP contribution in [0.25, 0.3) is 0 Å².